The smallest absolute Gasteiger partial charge is 0.261 e. The zero-order valence-corrected chi connectivity index (χ0v) is 11.0. The van der Waals surface area contributed by atoms with Crippen molar-refractivity contribution in [1.29, 1.82) is 0 Å². The molecule has 0 unspecified atom stereocenters. The van der Waals surface area contributed by atoms with Gasteiger partial charge in [0.05, 0.1) is 11.1 Å². The molecule has 0 atom stereocenters. The van der Waals surface area contributed by atoms with Crippen molar-refractivity contribution in [2.45, 2.75) is 4.90 Å². The highest BCUT2D eigenvalue weighted by atomic mass is 32.2. The fourth-order valence-corrected chi connectivity index (χ4v) is 2.67. The van der Waals surface area contributed by atoms with Crippen LogP contribution in [0.1, 0.15) is 0 Å². The topological polar surface area (TPSA) is 90.6 Å². The van der Waals surface area contributed by atoms with Gasteiger partial charge in [0.1, 0.15) is 12.0 Å². The summed E-state index contributed by atoms with van der Waals surface area (Å²) < 4.78 is 25.4. The molecule has 0 saturated heterocycles. The average molecular weight is 287 g/mol. The van der Waals surface area contributed by atoms with E-state index in [-0.39, 0.29) is 10.7 Å². The van der Waals surface area contributed by atoms with Gasteiger partial charge in [-0.2, -0.15) is 8.42 Å². The Morgan fingerprint density at radius 3 is 2.50 bits per heavy atom. The second kappa shape index (κ2) is 4.82. The zero-order chi connectivity index (χ0) is 14.0. The van der Waals surface area contributed by atoms with Crippen LogP contribution in [-0.2, 0) is 10.0 Å². The number of aromatic nitrogens is 5. The lowest BCUT2D eigenvalue weighted by Crippen LogP contribution is -2.13. The summed E-state index contributed by atoms with van der Waals surface area (Å²) in [6.07, 6.45) is 5.62. The lowest BCUT2D eigenvalue weighted by molar-refractivity contribution is 0.580. The minimum Gasteiger partial charge on any atom is -0.261 e. The van der Waals surface area contributed by atoms with E-state index in [9.17, 15) is 8.42 Å². The van der Waals surface area contributed by atoms with Gasteiger partial charge in [-0.05, 0) is 12.1 Å². The number of rotatable bonds is 3. The van der Waals surface area contributed by atoms with Crippen LogP contribution in [0.4, 0.5) is 0 Å². The monoisotopic (exact) mass is 287 g/mol. The van der Waals surface area contributed by atoms with Gasteiger partial charge in [-0.3, -0.25) is 4.98 Å². The van der Waals surface area contributed by atoms with Crippen LogP contribution in [-0.4, -0.2) is 32.6 Å². The molecular formula is C12H9N5O2S. The predicted molar refractivity (Wildman–Crippen MR) is 70.1 cm³/mol. The normalized spacial score (nSPS) is 11.4. The Hall–Kier alpha value is -2.61. The van der Waals surface area contributed by atoms with Crippen molar-refractivity contribution in [2.24, 2.45) is 0 Å². The maximum absolute atomic E-state index is 12.3. The molecule has 0 N–H and O–H groups in total. The summed E-state index contributed by atoms with van der Waals surface area (Å²) >= 11 is 0. The Morgan fingerprint density at radius 1 is 1.00 bits per heavy atom. The van der Waals surface area contributed by atoms with Gasteiger partial charge in [-0.25, -0.2) is 9.97 Å². The van der Waals surface area contributed by atoms with E-state index in [4.69, 9.17) is 0 Å². The largest absolute Gasteiger partial charge is 0.284 e. The molecule has 100 valence electrons. The minimum atomic E-state index is -3.73. The third kappa shape index (κ3) is 2.16. The van der Waals surface area contributed by atoms with Crippen molar-refractivity contribution in [1.82, 2.24) is 24.1 Å². The highest BCUT2D eigenvalue weighted by Gasteiger charge is 2.19. The first-order valence-electron chi connectivity index (χ1n) is 5.66. The van der Waals surface area contributed by atoms with Gasteiger partial charge in [-0.1, -0.05) is 18.2 Å². The van der Waals surface area contributed by atoms with Crippen molar-refractivity contribution >= 4 is 10.0 Å². The van der Waals surface area contributed by atoms with Crippen molar-refractivity contribution in [2.75, 3.05) is 0 Å². The van der Waals surface area contributed by atoms with Crippen LogP contribution in [0.5, 0.6) is 0 Å². The molecule has 2 heterocycles. The molecule has 0 saturated carbocycles. The van der Waals surface area contributed by atoms with E-state index in [1.807, 2.05) is 0 Å². The zero-order valence-electron chi connectivity index (χ0n) is 10.2. The fourth-order valence-electron chi connectivity index (χ4n) is 1.60. The second-order valence-corrected chi connectivity index (χ2v) is 5.65. The van der Waals surface area contributed by atoms with Crippen LogP contribution < -0.4 is 0 Å². The number of nitrogens with zero attached hydrogens (tertiary/aromatic N) is 5. The van der Waals surface area contributed by atoms with E-state index < -0.39 is 10.0 Å². The van der Waals surface area contributed by atoms with Crippen LogP contribution in [0.3, 0.4) is 0 Å². The van der Waals surface area contributed by atoms with Crippen LogP contribution in [0, 0.1) is 0 Å². The molecule has 3 rings (SSSR count). The highest BCUT2D eigenvalue weighted by Crippen LogP contribution is 2.14. The molecule has 0 radical (unpaired) electrons. The quantitative estimate of drug-likeness (QED) is 0.713. The summed E-state index contributed by atoms with van der Waals surface area (Å²) in [5.74, 6) is 0.206. The third-order valence-electron chi connectivity index (χ3n) is 2.55. The Morgan fingerprint density at radius 2 is 1.80 bits per heavy atom. The van der Waals surface area contributed by atoms with Gasteiger partial charge in [0, 0.05) is 12.4 Å². The van der Waals surface area contributed by atoms with Crippen molar-refractivity contribution in [3.05, 3.63) is 55.2 Å². The van der Waals surface area contributed by atoms with E-state index >= 15 is 0 Å². The van der Waals surface area contributed by atoms with Gasteiger partial charge >= 0.3 is 0 Å². The minimum absolute atomic E-state index is 0.149. The van der Waals surface area contributed by atoms with Crippen molar-refractivity contribution in [3.63, 3.8) is 0 Å². The molecule has 8 heteroatoms. The summed E-state index contributed by atoms with van der Waals surface area (Å²) in [4.78, 5) is 12.0. The first kappa shape index (κ1) is 12.4. The molecule has 0 bridgehead atoms. The summed E-state index contributed by atoms with van der Waals surface area (Å²) in [5.41, 5.74) is 0.412. The summed E-state index contributed by atoms with van der Waals surface area (Å²) in [6, 6.07) is 8.03. The van der Waals surface area contributed by atoms with Gasteiger partial charge in [0.25, 0.3) is 10.0 Å². The summed E-state index contributed by atoms with van der Waals surface area (Å²) in [7, 11) is -3.73. The second-order valence-electron chi connectivity index (χ2n) is 3.85. The lowest BCUT2D eigenvalue weighted by atomic mass is 10.4. The van der Waals surface area contributed by atoms with Crippen LogP contribution >= 0.6 is 0 Å². The maximum Gasteiger partial charge on any atom is 0.284 e. The molecule has 3 aromatic rings. The number of hydrogen-bond acceptors (Lipinski definition) is 6. The number of benzene rings is 1. The predicted octanol–water partition coefficient (Wildman–Crippen LogP) is 0.972. The molecule has 1 aromatic carbocycles. The molecule has 0 aliphatic carbocycles. The molecule has 7 nitrogen and oxygen atoms in total. The molecule has 0 amide bonds. The van der Waals surface area contributed by atoms with Gasteiger partial charge in [-0.15, -0.1) is 9.19 Å². The SMILES string of the molecule is O=S(=O)(c1ccccc1)n1cnc(-c2cnccn2)n1. The van der Waals surface area contributed by atoms with E-state index in [1.165, 1.54) is 30.7 Å². The molecule has 20 heavy (non-hydrogen) atoms. The van der Waals surface area contributed by atoms with Gasteiger partial charge < -0.3 is 0 Å². The molecule has 0 aliphatic heterocycles. The molecule has 0 spiro atoms. The van der Waals surface area contributed by atoms with Gasteiger partial charge in [0.15, 0.2) is 0 Å². The Balaban J connectivity index is 2.03. The molecule has 0 fully saturated rings. The van der Waals surface area contributed by atoms with Crippen LogP contribution in [0.25, 0.3) is 11.5 Å². The van der Waals surface area contributed by atoms with E-state index in [1.54, 1.807) is 18.2 Å². The van der Waals surface area contributed by atoms with Crippen molar-refractivity contribution in [3.8, 4) is 11.5 Å². The van der Waals surface area contributed by atoms with Crippen molar-refractivity contribution < 1.29 is 8.42 Å². The maximum atomic E-state index is 12.3. The van der Waals surface area contributed by atoms with Gasteiger partial charge in [0.2, 0.25) is 5.82 Å². The van der Waals surface area contributed by atoms with E-state index in [0.29, 0.717) is 5.69 Å². The Bertz CT molecular complexity index is 815. The fraction of sp³-hybridized carbons (Fsp3) is 0. The highest BCUT2D eigenvalue weighted by molar-refractivity contribution is 7.89. The average Bonchev–Trinajstić information content (AvgIpc) is 3.00. The first-order valence-corrected chi connectivity index (χ1v) is 7.10. The third-order valence-corrected chi connectivity index (χ3v) is 4.09. The molecule has 2 aromatic heterocycles. The Labute approximate surface area is 115 Å². The van der Waals surface area contributed by atoms with Crippen LogP contribution in [0.15, 0.2) is 60.1 Å². The lowest BCUT2D eigenvalue weighted by Gasteiger charge is -2.02. The first-order chi connectivity index (χ1) is 9.68. The Kier molecular flexibility index (Phi) is 2.99. The van der Waals surface area contributed by atoms with E-state index in [2.05, 4.69) is 20.1 Å². The molecule has 0 aliphatic rings. The molecular weight excluding hydrogens is 278 g/mol. The summed E-state index contributed by atoms with van der Waals surface area (Å²) in [5, 5.41) is 3.94. The summed E-state index contributed by atoms with van der Waals surface area (Å²) in [6.45, 7) is 0. The number of hydrogen-bond donors (Lipinski definition) is 0. The standard InChI is InChI=1S/C12H9N5O2S/c18-20(19,10-4-2-1-3-5-10)17-9-15-12(16-17)11-8-13-6-7-14-11/h1-9H. The van der Waals surface area contributed by atoms with Crippen LogP contribution in [0.2, 0.25) is 0 Å². The van der Waals surface area contributed by atoms with E-state index in [0.717, 1.165) is 10.4 Å².